The molecule has 0 unspecified atom stereocenters. The van der Waals surface area contributed by atoms with Crippen molar-refractivity contribution in [2.24, 2.45) is 5.41 Å². The largest absolute Gasteiger partial charge is 0.338 e. The number of nitrogens with zero attached hydrogens (tertiary/aromatic N) is 4. The highest BCUT2D eigenvalue weighted by atomic mass is 16.1. The number of hydrogen-bond donors (Lipinski definition) is 1. The van der Waals surface area contributed by atoms with Crippen LogP contribution in [0.3, 0.4) is 0 Å². The van der Waals surface area contributed by atoms with Gasteiger partial charge in [-0.05, 0) is 36.5 Å². The topological polar surface area (TPSA) is 72.7 Å². The van der Waals surface area contributed by atoms with Crippen LogP contribution in [0.4, 0.5) is 11.5 Å². The summed E-state index contributed by atoms with van der Waals surface area (Å²) < 4.78 is 1.70. The Labute approximate surface area is 152 Å². The van der Waals surface area contributed by atoms with Crippen LogP contribution in [0, 0.1) is 12.3 Å². The summed E-state index contributed by atoms with van der Waals surface area (Å²) in [4.78, 5) is 21.5. The Kier molecular flexibility index (Phi) is 3.83. The predicted octanol–water partition coefficient (Wildman–Crippen LogP) is 3.87. The lowest BCUT2D eigenvalue weighted by Crippen LogP contribution is -2.28. The molecule has 0 atom stereocenters. The lowest BCUT2D eigenvalue weighted by molar-refractivity contribution is 0.0911. The van der Waals surface area contributed by atoms with E-state index in [9.17, 15) is 4.79 Å². The number of anilines is 2. The molecule has 0 bridgehead atoms. The van der Waals surface area contributed by atoms with E-state index in [1.165, 1.54) is 0 Å². The first kappa shape index (κ1) is 16.4. The number of ketones is 1. The Morgan fingerprint density at radius 1 is 1.08 bits per heavy atom. The SMILES string of the molecule is Cc1ccccc1Nc1nn(-c2ncccn2)c2c1C(=O)CC(C)(C)C2. The summed E-state index contributed by atoms with van der Waals surface area (Å²) in [6.45, 7) is 6.23. The van der Waals surface area contributed by atoms with Crippen molar-refractivity contribution in [1.29, 1.82) is 0 Å². The van der Waals surface area contributed by atoms with Crippen molar-refractivity contribution in [2.75, 3.05) is 5.32 Å². The van der Waals surface area contributed by atoms with E-state index >= 15 is 0 Å². The van der Waals surface area contributed by atoms with Crippen molar-refractivity contribution in [1.82, 2.24) is 19.7 Å². The van der Waals surface area contributed by atoms with Crippen LogP contribution in [-0.4, -0.2) is 25.5 Å². The van der Waals surface area contributed by atoms with E-state index in [1.54, 1.807) is 23.1 Å². The van der Waals surface area contributed by atoms with Gasteiger partial charge in [0, 0.05) is 24.5 Å². The molecule has 0 radical (unpaired) electrons. The molecule has 1 aliphatic carbocycles. The van der Waals surface area contributed by atoms with Gasteiger partial charge in [-0.3, -0.25) is 4.79 Å². The zero-order valence-electron chi connectivity index (χ0n) is 15.2. The van der Waals surface area contributed by atoms with Gasteiger partial charge in [0.15, 0.2) is 11.6 Å². The molecule has 1 aliphatic rings. The van der Waals surface area contributed by atoms with Crippen molar-refractivity contribution in [3.63, 3.8) is 0 Å². The van der Waals surface area contributed by atoms with Gasteiger partial charge >= 0.3 is 0 Å². The molecule has 132 valence electrons. The quantitative estimate of drug-likeness (QED) is 0.778. The average Bonchev–Trinajstić information content (AvgIpc) is 2.95. The van der Waals surface area contributed by atoms with Crippen LogP contribution in [0.5, 0.6) is 0 Å². The zero-order chi connectivity index (χ0) is 18.3. The predicted molar refractivity (Wildman–Crippen MR) is 100 cm³/mol. The molecule has 2 aromatic heterocycles. The third-order valence-electron chi connectivity index (χ3n) is 4.68. The fourth-order valence-electron chi connectivity index (χ4n) is 3.44. The maximum absolute atomic E-state index is 12.9. The number of Topliss-reactive ketones (excluding diaryl/α,β-unsaturated/α-hetero) is 1. The monoisotopic (exact) mass is 347 g/mol. The number of hydrogen-bond acceptors (Lipinski definition) is 5. The molecule has 0 aliphatic heterocycles. The molecule has 0 amide bonds. The van der Waals surface area contributed by atoms with Gasteiger partial charge in [-0.2, -0.15) is 0 Å². The smallest absolute Gasteiger partial charge is 0.250 e. The molecule has 1 N–H and O–H groups in total. The molecule has 4 rings (SSSR count). The van der Waals surface area contributed by atoms with Gasteiger partial charge in [0.25, 0.3) is 5.95 Å². The van der Waals surface area contributed by atoms with E-state index < -0.39 is 0 Å². The number of aromatic nitrogens is 4. The molecule has 0 saturated heterocycles. The molecule has 0 fully saturated rings. The molecule has 6 nitrogen and oxygen atoms in total. The number of aryl methyl sites for hydroxylation is 1. The first-order valence-electron chi connectivity index (χ1n) is 8.70. The summed E-state index contributed by atoms with van der Waals surface area (Å²) in [5.41, 5.74) is 3.44. The second-order valence-corrected chi connectivity index (χ2v) is 7.51. The number of fused-ring (bicyclic) bond motifs is 1. The third kappa shape index (κ3) is 2.87. The van der Waals surface area contributed by atoms with Gasteiger partial charge in [0.2, 0.25) is 0 Å². The van der Waals surface area contributed by atoms with Crippen molar-refractivity contribution in [2.45, 2.75) is 33.6 Å². The summed E-state index contributed by atoms with van der Waals surface area (Å²) >= 11 is 0. The second-order valence-electron chi connectivity index (χ2n) is 7.51. The molecule has 1 aromatic carbocycles. The van der Waals surface area contributed by atoms with E-state index in [2.05, 4.69) is 34.2 Å². The lowest BCUT2D eigenvalue weighted by Gasteiger charge is -2.28. The maximum Gasteiger partial charge on any atom is 0.250 e. The number of rotatable bonds is 3. The minimum absolute atomic E-state index is 0.106. The fourth-order valence-corrected chi connectivity index (χ4v) is 3.44. The zero-order valence-corrected chi connectivity index (χ0v) is 15.2. The van der Waals surface area contributed by atoms with Crippen LogP contribution in [0.15, 0.2) is 42.7 Å². The summed E-state index contributed by atoms with van der Waals surface area (Å²) in [5, 5.41) is 8.01. The molecule has 0 spiro atoms. The summed E-state index contributed by atoms with van der Waals surface area (Å²) in [7, 11) is 0. The maximum atomic E-state index is 12.9. The van der Waals surface area contributed by atoms with Gasteiger partial charge in [0.1, 0.15) is 0 Å². The number of carbonyl (C=O) groups is 1. The van der Waals surface area contributed by atoms with Crippen LogP contribution >= 0.6 is 0 Å². The Morgan fingerprint density at radius 2 is 1.81 bits per heavy atom. The standard InChI is InChI=1S/C20H21N5O/c1-13-7-4-5-8-14(13)23-18-17-15(11-20(2,3)12-16(17)26)25(24-18)19-21-9-6-10-22-19/h4-10H,11-12H2,1-3H3,(H,23,24). The molecule has 3 aromatic rings. The van der Waals surface area contributed by atoms with Crippen molar-refractivity contribution in [3.8, 4) is 5.95 Å². The minimum atomic E-state index is -0.115. The van der Waals surface area contributed by atoms with Crippen LogP contribution in [-0.2, 0) is 6.42 Å². The Balaban J connectivity index is 1.87. The Hall–Kier alpha value is -3.02. The Morgan fingerprint density at radius 3 is 2.54 bits per heavy atom. The van der Waals surface area contributed by atoms with E-state index in [-0.39, 0.29) is 11.2 Å². The number of nitrogens with one attached hydrogen (secondary N) is 1. The van der Waals surface area contributed by atoms with Crippen molar-refractivity contribution >= 4 is 17.3 Å². The van der Waals surface area contributed by atoms with Gasteiger partial charge in [-0.25, -0.2) is 14.6 Å². The summed E-state index contributed by atoms with van der Waals surface area (Å²) in [5.74, 6) is 1.16. The summed E-state index contributed by atoms with van der Waals surface area (Å²) in [6, 6.07) is 9.72. The van der Waals surface area contributed by atoms with Gasteiger partial charge in [-0.15, -0.1) is 5.10 Å². The first-order valence-corrected chi connectivity index (χ1v) is 8.70. The molecule has 6 heteroatoms. The van der Waals surface area contributed by atoms with Crippen molar-refractivity contribution < 1.29 is 4.79 Å². The van der Waals surface area contributed by atoms with Crippen LogP contribution < -0.4 is 5.32 Å². The lowest BCUT2D eigenvalue weighted by atomic mass is 9.76. The van der Waals surface area contributed by atoms with Gasteiger partial charge in [-0.1, -0.05) is 32.0 Å². The number of carbonyl (C=O) groups excluding carboxylic acids is 1. The van der Waals surface area contributed by atoms with Gasteiger partial charge < -0.3 is 5.32 Å². The highest BCUT2D eigenvalue weighted by Crippen LogP contribution is 2.39. The molecule has 0 saturated carbocycles. The highest BCUT2D eigenvalue weighted by molar-refractivity contribution is 6.03. The molecular formula is C20H21N5O. The van der Waals surface area contributed by atoms with Crippen molar-refractivity contribution in [3.05, 3.63) is 59.5 Å². The van der Waals surface area contributed by atoms with E-state index in [1.807, 2.05) is 31.2 Å². The molecule has 26 heavy (non-hydrogen) atoms. The normalized spacial score (nSPS) is 15.6. The fraction of sp³-hybridized carbons (Fsp3) is 0.300. The molecular weight excluding hydrogens is 326 g/mol. The number of benzene rings is 1. The highest BCUT2D eigenvalue weighted by Gasteiger charge is 2.37. The van der Waals surface area contributed by atoms with Gasteiger partial charge in [0.05, 0.1) is 11.3 Å². The summed E-state index contributed by atoms with van der Waals surface area (Å²) in [6.07, 6.45) is 4.61. The number of para-hydroxylation sites is 1. The van der Waals surface area contributed by atoms with Crippen LogP contribution in [0.25, 0.3) is 5.95 Å². The first-order chi connectivity index (χ1) is 12.4. The van der Waals surface area contributed by atoms with Crippen LogP contribution in [0.1, 0.15) is 41.9 Å². The Bertz CT molecular complexity index is 975. The average molecular weight is 347 g/mol. The molecule has 2 heterocycles. The van der Waals surface area contributed by atoms with Crippen LogP contribution in [0.2, 0.25) is 0 Å². The third-order valence-corrected chi connectivity index (χ3v) is 4.68. The second kappa shape index (κ2) is 6.05. The van der Waals surface area contributed by atoms with E-state index in [4.69, 9.17) is 0 Å². The van der Waals surface area contributed by atoms with E-state index in [0.717, 1.165) is 23.4 Å². The van der Waals surface area contributed by atoms with E-state index in [0.29, 0.717) is 23.8 Å². The minimum Gasteiger partial charge on any atom is -0.338 e.